The van der Waals surface area contributed by atoms with Gasteiger partial charge in [-0.2, -0.15) is 0 Å². The second-order valence-corrected chi connectivity index (χ2v) is 7.14. The summed E-state index contributed by atoms with van der Waals surface area (Å²) < 4.78 is 5.29. The van der Waals surface area contributed by atoms with Crippen molar-refractivity contribution in [3.8, 4) is 17.0 Å². The Kier molecular flexibility index (Phi) is 4.99. The van der Waals surface area contributed by atoms with Crippen molar-refractivity contribution in [1.82, 2.24) is 9.88 Å². The Bertz CT molecular complexity index is 923. The van der Waals surface area contributed by atoms with Crippen LogP contribution in [-0.4, -0.2) is 43.3 Å². The molecule has 4 heteroatoms. The van der Waals surface area contributed by atoms with Crippen LogP contribution < -0.4 is 9.64 Å². The Balaban J connectivity index is 1.80. The fourth-order valence-electron chi connectivity index (χ4n) is 4.12. The highest BCUT2D eigenvalue weighted by molar-refractivity contribution is 5.95. The van der Waals surface area contributed by atoms with Crippen LogP contribution in [0.3, 0.4) is 0 Å². The van der Waals surface area contributed by atoms with Crippen molar-refractivity contribution in [3.05, 3.63) is 54.6 Å². The first-order chi connectivity index (χ1) is 13.2. The van der Waals surface area contributed by atoms with Gasteiger partial charge in [0.25, 0.3) is 0 Å². The molecule has 3 aromatic rings. The van der Waals surface area contributed by atoms with Gasteiger partial charge >= 0.3 is 0 Å². The van der Waals surface area contributed by atoms with E-state index in [0.717, 1.165) is 29.4 Å². The number of nitrogens with zero attached hydrogens (tertiary/aromatic N) is 3. The average Bonchev–Trinajstić information content (AvgIpc) is 3.21. The zero-order valence-corrected chi connectivity index (χ0v) is 16.4. The van der Waals surface area contributed by atoms with Crippen molar-refractivity contribution >= 4 is 16.6 Å². The van der Waals surface area contributed by atoms with E-state index in [9.17, 15) is 0 Å². The van der Waals surface area contributed by atoms with Gasteiger partial charge in [0.15, 0.2) is 0 Å². The molecule has 0 N–H and O–H groups in total. The number of methoxy groups -OCH3 is 1. The first kappa shape index (κ1) is 17.8. The van der Waals surface area contributed by atoms with Crippen LogP contribution in [-0.2, 0) is 0 Å². The minimum Gasteiger partial charge on any atom is -0.497 e. The number of rotatable bonds is 5. The summed E-state index contributed by atoms with van der Waals surface area (Å²) in [6, 6.07) is 18.9. The number of fused-ring (bicyclic) bond motifs is 1. The van der Waals surface area contributed by atoms with E-state index in [2.05, 4.69) is 66.2 Å². The van der Waals surface area contributed by atoms with Crippen molar-refractivity contribution in [2.24, 2.45) is 0 Å². The van der Waals surface area contributed by atoms with Gasteiger partial charge in [-0.3, -0.25) is 4.90 Å². The van der Waals surface area contributed by atoms with E-state index in [1.807, 2.05) is 12.1 Å². The Hall–Kier alpha value is -2.59. The van der Waals surface area contributed by atoms with E-state index < -0.39 is 0 Å². The molecule has 1 saturated heterocycles. The summed E-state index contributed by atoms with van der Waals surface area (Å²) in [7, 11) is 3.88. The molecule has 1 unspecified atom stereocenters. The lowest BCUT2D eigenvalue weighted by atomic mass is 10.1. The van der Waals surface area contributed by atoms with E-state index in [-0.39, 0.29) is 0 Å². The molecule has 27 heavy (non-hydrogen) atoms. The number of anilines is 1. The summed E-state index contributed by atoms with van der Waals surface area (Å²) in [5.41, 5.74) is 2.11. The molecule has 4 nitrogen and oxygen atoms in total. The molecule has 0 saturated carbocycles. The molecule has 140 valence electrons. The maximum Gasteiger partial charge on any atom is 0.138 e. The zero-order valence-electron chi connectivity index (χ0n) is 16.4. The number of likely N-dealkylation sites (tertiary alicyclic amines) is 1. The molecule has 1 atom stereocenters. The van der Waals surface area contributed by atoms with Gasteiger partial charge in [0.2, 0.25) is 0 Å². The highest BCUT2D eigenvalue weighted by Gasteiger charge is 2.28. The van der Waals surface area contributed by atoms with Crippen LogP contribution in [0, 0.1) is 0 Å². The van der Waals surface area contributed by atoms with Crippen LogP contribution >= 0.6 is 0 Å². The van der Waals surface area contributed by atoms with E-state index in [1.54, 1.807) is 7.11 Å². The summed E-state index contributed by atoms with van der Waals surface area (Å²) in [6.45, 7) is 4.48. The maximum atomic E-state index is 5.29. The van der Waals surface area contributed by atoms with Crippen LogP contribution in [0.2, 0.25) is 0 Å². The third-order valence-corrected chi connectivity index (χ3v) is 5.62. The van der Waals surface area contributed by atoms with Gasteiger partial charge in [-0.15, -0.1) is 0 Å². The SMILES string of the molecule is CCN1CCCC1N(C)c1nc(-c2ccc(OC)cc2)cc2ccccc12. The zero-order chi connectivity index (χ0) is 18.8. The third kappa shape index (κ3) is 3.37. The Morgan fingerprint density at radius 3 is 2.67 bits per heavy atom. The Morgan fingerprint density at radius 1 is 1.15 bits per heavy atom. The molecule has 1 aliphatic heterocycles. The normalized spacial score (nSPS) is 17.4. The number of hydrogen-bond acceptors (Lipinski definition) is 4. The largest absolute Gasteiger partial charge is 0.497 e. The fourth-order valence-corrected chi connectivity index (χ4v) is 4.12. The van der Waals surface area contributed by atoms with Crippen LogP contribution in [0.25, 0.3) is 22.0 Å². The van der Waals surface area contributed by atoms with Gasteiger partial charge in [0, 0.05) is 24.5 Å². The summed E-state index contributed by atoms with van der Waals surface area (Å²) in [5, 5.41) is 2.43. The van der Waals surface area contributed by atoms with Crippen molar-refractivity contribution in [2.45, 2.75) is 25.9 Å². The molecular weight excluding hydrogens is 334 g/mol. The molecular formula is C23H27N3O. The number of pyridine rings is 1. The lowest BCUT2D eigenvalue weighted by Crippen LogP contribution is -2.43. The molecule has 2 aromatic carbocycles. The quantitative estimate of drug-likeness (QED) is 0.653. The predicted molar refractivity (Wildman–Crippen MR) is 112 cm³/mol. The summed E-state index contributed by atoms with van der Waals surface area (Å²) in [6.07, 6.45) is 2.85. The standard InChI is InChI=1S/C23H27N3O/c1-4-26-15-7-10-22(26)25(2)23-20-9-6-5-8-18(20)16-21(24-23)17-11-13-19(27-3)14-12-17/h5-6,8-9,11-14,16,22H,4,7,10,15H2,1-3H3. The van der Waals surface area contributed by atoms with Gasteiger partial charge in [-0.25, -0.2) is 4.98 Å². The third-order valence-electron chi connectivity index (χ3n) is 5.62. The highest BCUT2D eigenvalue weighted by Crippen LogP contribution is 2.33. The molecule has 0 amide bonds. The van der Waals surface area contributed by atoms with Crippen molar-refractivity contribution in [2.75, 3.05) is 32.1 Å². The van der Waals surface area contributed by atoms with E-state index in [1.165, 1.54) is 30.2 Å². The van der Waals surface area contributed by atoms with Crippen LogP contribution in [0.5, 0.6) is 5.75 Å². The van der Waals surface area contributed by atoms with Crippen molar-refractivity contribution < 1.29 is 4.74 Å². The lowest BCUT2D eigenvalue weighted by Gasteiger charge is -2.33. The Labute approximate surface area is 161 Å². The first-order valence-electron chi connectivity index (χ1n) is 9.72. The molecule has 1 fully saturated rings. The van der Waals surface area contributed by atoms with Crippen LogP contribution in [0.15, 0.2) is 54.6 Å². The van der Waals surface area contributed by atoms with Gasteiger partial charge in [0.05, 0.1) is 19.0 Å². The fraction of sp³-hybridized carbons (Fsp3) is 0.348. The molecule has 0 aliphatic carbocycles. The van der Waals surface area contributed by atoms with E-state index in [0.29, 0.717) is 6.17 Å². The monoisotopic (exact) mass is 361 g/mol. The first-order valence-corrected chi connectivity index (χ1v) is 9.72. The molecule has 4 rings (SSSR count). The maximum absolute atomic E-state index is 5.29. The summed E-state index contributed by atoms with van der Waals surface area (Å²) >= 11 is 0. The van der Waals surface area contributed by atoms with Gasteiger partial charge < -0.3 is 9.64 Å². The molecule has 1 aromatic heterocycles. The van der Waals surface area contributed by atoms with E-state index >= 15 is 0 Å². The van der Waals surface area contributed by atoms with Crippen LogP contribution in [0.4, 0.5) is 5.82 Å². The van der Waals surface area contributed by atoms with Gasteiger partial charge in [0.1, 0.15) is 11.6 Å². The highest BCUT2D eigenvalue weighted by atomic mass is 16.5. The second-order valence-electron chi connectivity index (χ2n) is 7.14. The van der Waals surface area contributed by atoms with Crippen molar-refractivity contribution in [1.29, 1.82) is 0 Å². The minimum atomic E-state index is 0.414. The topological polar surface area (TPSA) is 28.6 Å². The van der Waals surface area contributed by atoms with Crippen molar-refractivity contribution in [3.63, 3.8) is 0 Å². The van der Waals surface area contributed by atoms with E-state index in [4.69, 9.17) is 9.72 Å². The molecule has 0 radical (unpaired) electrons. The lowest BCUT2D eigenvalue weighted by molar-refractivity contribution is 0.265. The molecule has 1 aliphatic rings. The molecule has 0 spiro atoms. The summed E-state index contributed by atoms with van der Waals surface area (Å²) in [4.78, 5) is 10.0. The molecule has 0 bridgehead atoms. The number of ether oxygens (including phenoxy) is 1. The number of aromatic nitrogens is 1. The minimum absolute atomic E-state index is 0.414. The van der Waals surface area contributed by atoms with Gasteiger partial charge in [-0.1, -0.05) is 31.2 Å². The number of hydrogen-bond donors (Lipinski definition) is 0. The second kappa shape index (κ2) is 7.57. The number of benzene rings is 2. The summed E-state index contributed by atoms with van der Waals surface area (Å²) in [5.74, 6) is 1.92. The van der Waals surface area contributed by atoms with Gasteiger partial charge in [-0.05, 0) is 55.1 Å². The Morgan fingerprint density at radius 2 is 1.93 bits per heavy atom. The smallest absolute Gasteiger partial charge is 0.138 e. The predicted octanol–water partition coefficient (Wildman–Crippen LogP) is 4.79. The average molecular weight is 361 g/mol. The molecule has 2 heterocycles. The van der Waals surface area contributed by atoms with Crippen LogP contribution in [0.1, 0.15) is 19.8 Å².